The summed E-state index contributed by atoms with van der Waals surface area (Å²) in [6.07, 6.45) is 2.60. The minimum absolute atomic E-state index is 0.102. The first kappa shape index (κ1) is 20.9. The van der Waals surface area contributed by atoms with Gasteiger partial charge in [0.15, 0.2) is 23.2 Å². The maximum Gasteiger partial charge on any atom is 0.264 e. The summed E-state index contributed by atoms with van der Waals surface area (Å²) >= 11 is 1.48. The lowest BCUT2D eigenvalue weighted by Gasteiger charge is -2.10. The maximum atomic E-state index is 12.2. The average molecular weight is 411 g/mol. The SMILES string of the molecule is CCOc1ccccc1OCC(=O)Nc1ncc(Cc2ccc(C(C)C)cc2)s1. The Balaban J connectivity index is 1.52. The topological polar surface area (TPSA) is 60.5 Å². The summed E-state index contributed by atoms with van der Waals surface area (Å²) < 4.78 is 11.1. The van der Waals surface area contributed by atoms with Crippen molar-refractivity contribution in [1.29, 1.82) is 0 Å². The quantitative estimate of drug-likeness (QED) is 0.522. The first-order chi connectivity index (χ1) is 14.0. The van der Waals surface area contributed by atoms with Gasteiger partial charge in [-0.05, 0) is 36.1 Å². The maximum absolute atomic E-state index is 12.2. The van der Waals surface area contributed by atoms with Crippen LogP contribution < -0.4 is 14.8 Å². The smallest absolute Gasteiger partial charge is 0.264 e. The van der Waals surface area contributed by atoms with E-state index >= 15 is 0 Å². The third-order valence-electron chi connectivity index (χ3n) is 4.33. The van der Waals surface area contributed by atoms with Crippen molar-refractivity contribution in [2.45, 2.75) is 33.1 Å². The predicted octanol–water partition coefficient (Wildman–Crippen LogP) is 5.27. The number of amides is 1. The Morgan fingerprint density at radius 1 is 1.07 bits per heavy atom. The number of rotatable bonds is 9. The highest BCUT2D eigenvalue weighted by molar-refractivity contribution is 7.15. The van der Waals surface area contributed by atoms with Gasteiger partial charge >= 0.3 is 0 Å². The van der Waals surface area contributed by atoms with E-state index < -0.39 is 0 Å². The van der Waals surface area contributed by atoms with Crippen molar-refractivity contribution < 1.29 is 14.3 Å². The van der Waals surface area contributed by atoms with E-state index in [2.05, 4.69) is 48.4 Å². The van der Waals surface area contributed by atoms with Gasteiger partial charge in [0.2, 0.25) is 0 Å². The van der Waals surface area contributed by atoms with Crippen LogP contribution in [0.1, 0.15) is 42.7 Å². The van der Waals surface area contributed by atoms with Gasteiger partial charge in [-0.3, -0.25) is 10.1 Å². The average Bonchev–Trinajstić information content (AvgIpc) is 3.14. The van der Waals surface area contributed by atoms with E-state index in [-0.39, 0.29) is 12.5 Å². The standard InChI is InChI=1S/C23H26N2O3S/c1-4-27-20-7-5-6-8-21(20)28-15-22(26)25-23-24-14-19(29-23)13-17-9-11-18(12-10-17)16(2)3/h5-12,14,16H,4,13,15H2,1-3H3,(H,24,25,26). The zero-order valence-electron chi connectivity index (χ0n) is 17.0. The zero-order valence-corrected chi connectivity index (χ0v) is 17.8. The highest BCUT2D eigenvalue weighted by atomic mass is 32.1. The van der Waals surface area contributed by atoms with Gasteiger partial charge in [-0.2, -0.15) is 0 Å². The van der Waals surface area contributed by atoms with Crippen LogP contribution in [0, 0.1) is 0 Å². The molecule has 3 aromatic rings. The predicted molar refractivity (Wildman–Crippen MR) is 117 cm³/mol. The van der Waals surface area contributed by atoms with Crippen molar-refractivity contribution in [3.63, 3.8) is 0 Å². The molecule has 0 radical (unpaired) electrons. The van der Waals surface area contributed by atoms with E-state index in [1.54, 1.807) is 6.07 Å². The number of thiazole rings is 1. The number of benzene rings is 2. The number of aromatic nitrogens is 1. The molecule has 0 bridgehead atoms. The summed E-state index contributed by atoms with van der Waals surface area (Å²) in [5.74, 6) is 1.45. The molecule has 0 fully saturated rings. The van der Waals surface area contributed by atoms with Crippen LogP contribution in [-0.4, -0.2) is 24.1 Å². The summed E-state index contributed by atoms with van der Waals surface area (Å²) in [6, 6.07) is 15.9. The Morgan fingerprint density at radius 3 is 2.41 bits per heavy atom. The monoisotopic (exact) mass is 410 g/mol. The van der Waals surface area contributed by atoms with Gasteiger partial charge in [-0.25, -0.2) is 4.98 Å². The van der Waals surface area contributed by atoms with Crippen LogP contribution in [0.5, 0.6) is 11.5 Å². The molecule has 0 saturated carbocycles. The fraction of sp³-hybridized carbons (Fsp3) is 0.304. The van der Waals surface area contributed by atoms with E-state index in [1.807, 2.05) is 31.3 Å². The number of nitrogens with one attached hydrogen (secondary N) is 1. The number of carbonyl (C=O) groups excluding carboxylic acids is 1. The van der Waals surface area contributed by atoms with Crippen molar-refractivity contribution in [3.8, 4) is 11.5 Å². The van der Waals surface area contributed by atoms with Crippen LogP contribution in [0.3, 0.4) is 0 Å². The van der Waals surface area contributed by atoms with Crippen LogP contribution in [0.2, 0.25) is 0 Å². The lowest BCUT2D eigenvalue weighted by Crippen LogP contribution is -2.20. The summed E-state index contributed by atoms with van der Waals surface area (Å²) in [4.78, 5) is 17.6. The Morgan fingerprint density at radius 2 is 1.76 bits per heavy atom. The second kappa shape index (κ2) is 10.1. The van der Waals surface area contributed by atoms with E-state index in [0.717, 1.165) is 11.3 Å². The van der Waals surface area contributed by atoms with Crippen LogP contribution in [0.15, 0.2) is 54.7 Å². The summed E-state index contributed by atoms with van der Waals surface area (Å²) in [5.41, 5.74) is 2.56. The second-order valence-corrected chi connectivity index (χ2v) is 8.04. The molecule has 1 heterocycles. The second-order valence-electron chi connectivity index (χ2n) is 6.92. The van der Waals surface area contributed by atoms with Gasteiger partial charge in [0.1, 0.15) is 0 Å². The van der Waals surface area contributed by atoms with E-state index in [4.69, 9.17) is 9.47 Å². The summed E-state index contributed by atoms with van der Waals surface area (Å²) in [5, 5.41) is 3.37. The molecule has 29 heavy (non-hydrogen) atoms. The van der Waals surface area contributed by atoms with Gasteiger partial charge in [0, 0.05) is 17.5 Å². The lowest BCUT2D eigenvalue weighted by molar-refractivity contribution is -0.118. The molecule has 3 rings (SSSR count). The van der Waals surface area contributed by atoms with Gasteiger partial charge < -0.3 is 9.47 Å². The molecule has 6 heteroatoms. The molecular weight excluding hydrogens is 384 g/mol. The number of ether oxygens (including phenoxy) is 2. The molecule has 0 aliphatic rings. The molecule has 0 atom stereocenters. The molecule has 1 amide bonds. The molecule has 1 aromatic heterocycles. The molecule has 5 nitrogen and oxygen atoms in total. The van der Waals surface area contributed by atoms with Crippen molar-refractivity contribution in [3.05, 3.63) is 70.7 Å². The van der Waals surface area contributed by atoms with Gasteiger partial charge in [-0.15, -0.1) is 11.3 Å². The first-order valence-corrected chi connectivity index (χ1v) is 10.5. The van der Waals surface area contributed by atoms with Crippen molar-refractivity contribution in [2.75, 3.05) is 18.5 Å². The molecule has 0 saturated heterocycles. The molecule has 0 spiro atoms. The highest BCUT2D eigenvalue weighted by Crippen LogP contribution is 2.26. The Kier molecular flexibility index (Phi) is 7.25. The summed E-state index contributed by atoms with van der Waals surface area (Å²) in [6.45, 7) is 6.71. The molecule has 152 valence electrons. The molecule has 0 aliphatic carbocycles. The number of hydrogen-bond acceptors (Lipinski definition) is 5. The number of anilines is 1. The van der Waals surface area contributed by atoms with Crippen LogP contribution in [0.25, 0.3) is 0 Å². The largest absolute Gasteiger partial charge is 0.490 e. The Labute approximate surface area is 175 Å². The number of para-hydroxylation sites is 2. The Bertz CT molecular complexity index is 935. The number of nitrogens with zero attached hydrogens (tertiary/aromatic N) is 1. The van der Waals surface area contributed by atoms with E-state index in [0.29, 0.717) is 29.2 Å². The lowest BCUT2D eigenvalue weighted by atomic mass is 10.0. The van der Waals surface area contributed by atoms with Gasteiger partial charge in [0.25, 0.3) is 5.91 Å². The van der Waals surface area contributed by atoms with Crippen LogP contribution in [0.4, 0.5) is 5.13 Å². The third kappa shape index (κ3) is 6.06. The molecule has 0 unspecified atom stereocenters. The van der Waals surface area contributed by atoms with Crippen molar-refractivity contribution in [1.82, 2.24) is 4.98 Å². The minimum Gasteiger partial charge on any atom is -0.490 e. The number of hydrogen-bond donors (Lipinski definition) is 1. The molecule has 0 aliphatic heterocycles. The van der Waals surface area contributed by atoms with Gasteiger partial charge in [0.05, 0.1) is 6.61 Å². The van der Waals surface area contributed by atoms with Gasteiger partial charge in [-0.1, -0.05) is 50.2 Å². The van der Waals surface area contributed by atoms with E-state index in [9.17, 15) is 4.79 Å². The third-order valence-corrected chi connectivity index (χ3v) is 5.25. The Hall–Kier alpha value is -2.86. The minimum atomic E-state index is -0.251. The highest BCUT2D eigenvalue weighted by Gasteiger charge is 2.10. The number of carbonyl (C=O) groups is 1. The zero-order chi connectivity index (χ0) is 20.6. The normalized spacial score (nSPS) is 10.8. The fourth-order valence-corrected chi connectivity index (χ4v) is 3.67. The van der Waals surface area contributed by atoms with Crippen LogP contribution >= 0.6 is 11.3 Å². The summed E-state index contributed by atoms with van der Waals surface area (Å²) in [7, 11) is 0. The fourth-order valence-electron chi connectivity index (χ4n) is 2.81. The van der Waals surface area contributed by atoms with Crippen molar-refractivity contribution >= 4 is 22.4 Å². The molecular formula is C23H26N2O3S. The van der Waals surface area contributed by atoms with E-state index in [1.165, 1.54) is 22.5 Å². The molecule has 1 N–H and O–H groups in total. The molecule has 2 aromatic carbocycles. The van der Waals surface area contributed by atoms with Crippen LogP contribution in [-0.2, 0) is 11.2 Å². The van der Waals surface area contributed by atoms with Crippen molar-refractivity contribution in [2.24, 2.45) is 0 Å². The first-order valence-electron chi connectivity index (χ1n) is 9.73.